The van der Waals surface area contributed by atoms with Crippen LogP contribution in [0.3, 0.4) is 0 Å². The van der Waals surface area contributed by atoms with Gasteiger partial charge < -0.3 is 9.73 Å². The maximum absolute atomic E-state index is 12.5. The Bertz CT molecular complexity index is 1180. The van der Waals surface area contributed by atoms with E-state index in [0.717, 1.165) is 23.1 Å². The molecule has 3 aromatic carbocycles. The number of anilines is 1. The van der Waals surface area contributed by atoms with E-state index >= 15 is 0 Å². The summed E-state index contributed by atoms with van der Waals surface area (Å²) in [7, 11) is 0. The third-order valence-electron chi connectivity index (χ3n) is 5.05. The van der Waals surface area contributed by atoms with Crippen molar-refractivity contribution in [3.63, 3.8) is 0 Å². The predicted molar refractivity (Wildman–Crippen MR) is 118 cm³/mol. The molecule has 1 heterocycles. The Morgan fingerprint density at radius 1 is 1.10 bits per heavy atom. The Labute approximate surface area is 174 Å². The minimum Gasteiger partial charge on any atom is -0.436 e. The molecule has 0 saturated carbocycles. The smallest absolute Gasteiger partial charge is 0.255 e. The molecular formula is C24H21ClN2O2. The second kappa shape index (κ2) is 8.10. The minimum atomic E-state index is -0.222. The molecule has 4 rings (SSSR count). The molecule has 1 unspecified atom stereocenters. The maximum atomic E-state index is 12.5. The van der Waals surface area contributed by atoms with E-state index in [2.05, 4.69) is 36.3 Å². The van der Waals surface area contributed by atoms with E-state index in [9.17, 15) is 4.79 Å². The first-order valence-electron chi connectivity index (χ1n) is 9.61. The Kier molecular flexibility index (Phi) is 5.36. The summed E-state index contributed by atoms with van der Waals surface area (Å²) in [5, 5.41) is 3.42. The van der Waals surface area contributed by atoms with E-state index < -0.39 is 0 Å². The van der Waals surface area contributed by atoms with Crippen molar-refractivity contribution in [1.29, 1.82) is 0 Å². The highest BCUT2D eigenvalue weighted by Gasteiger charge is 2.12. The van der Waals surface area contributed by atoms with Gasteiger partial charge in [-0.05, 0) is 66.4 Å². The van der Waals surface area contributed by atoms with Gasteiger partial charge in [0.25, 0.3) is 5.91 Å². The molecule has 1 N–H and O–H groups in total. The Balaban J connectivity index is 1.60. The van der Waals surface area contributed by atoms with Crippen molar-refractivity contribution in [2.75, 3.05) is 5.32 Å². The Morgan fingerprint density at radius 2 is 1.93 bits per heavy atom. The van der Waals surface area contributed by atoms with Gasteiger partial charge in [0.1, 0.15) is 5.52 Å². The van der Waals surface area contributed by atoms with Crippen LogP contribution < -0.4 is 5.32 Å². The van der Waals surface area contributed by atoms with Crippen LogP contribution in [-0.4, -0.2) is 10.9 Å². The van der Waals surface area contributed by atoms with Gasteiger partial charge in [0.15, 0.2) is 5.58 Å². The lowest BCUT2D eigenvalue weighted by Gasteiger charge is -2.07. The molecule has 0 aliphatic carbocycles. The number of amides is 1. The molecule has 1 aromatic heterocycles. The Hall–Kier alpha value is -3.11. The van der Waals surface area contributed by atoms with Crippen LogP contribution in [0.2, 0.25) is 5.02 Å². The molecular weight excluding hydrogens is 384 g/mol. The molecule has 4 aromatic rings. The molecule has 0 aliphatic rings. The molecule has 5 heteroatoms. The molecule has 0 spiro atoms. The van der Waals surface area contributed by atoms with Gasteiger partial charge in [-0.2, -0.15) is 0 Å². The molecule has 1 atom stereocenters. The first-order chi connectivity index (χ1) is 14.0. The number of oxazole rings is 1. The topological polar surface area (TPSA) is 55.1 Å². The van der Waals surface area contributed by atoms with Crippen molar-refractivity contribution in [3.8, 4) is 11.5 Å². The monoisotopic (exact) mass is 404 g/mol. The van der Waals surface area contributed by atoms with Gasteiger partial charge >= 0.3 is 0 Å². The fourth-order valence-corrected chi connectivity index (χ4v) is 3.36. The van der Waals surface area contributed by atoms with Gasteiger partial charge in [-0.3, -0.25) is 4.79 Å². The number of hydrogen-bond acceptors (Lipinski definition) is 3. The highest BCUT2D eigenvalue weighted by Crippen LogP contribution is 2.29. The average molecular weight is 405 g/mol. The number of halogens is 1. The van der Waals surface area contributed by atoms with E-state index in [1.165, 1.54) is 5.56 Å². The number of benzene rings is 3. The van der Waals surface area contributed by atoms with Crippen molar-refractivity contribution in [3.05, 3.63) is 82.9 Å². The number of aromatic nitrogens is 1. The van der Waals surface area contributed by atoms with Crippen molar-refractivity contribution >= 4 is 34.3 Å². The molecule has 29 heavy (non-hydrogen) atoms. The number of nitrogens with one attached hydrogen (secondary N) is 1. The van der Waals surface area contributed by atoms with E-state index in [4.69, 9.17) is 16.0 Å². The summed E-state index contributed by atoms with van der Waals surface area (Å²) in [6, 6.07) is 20.4. The number of carbonyl (C=O) groups excluding carboxylic acids is 1. The summed E-state index contributed by atoms with van der Waals surface area (Å²) in [5.74, 6) is 0.783. The summed E-state index contributed by atoms with van der Waals surface area (Å²) < 4.78 is 5.94. The van der Waals surface area contributed by atoms with Crippen LogP contribution in [0, 0.1) is 0 Å². The number of carbonyl (C=O) groups is 1. The molecule has 1 amide bonds. The normalized spacial score (nSPS) is 12.1. The van der Waals surface area contributed by atoms with Crippen molar-refractivity contribution in [2.45, 2.75) is 26.2 Å². The third-order valence-corrected chi connectivity index (χ3v) is 5.28. The van der Waals surface area contributed by atoms with Crippen LogP contribution in [-0.2, 0) is 0 Å². The molecule has 146 valence electrons. The third kappa shape index (κ3) is 4.17. The molecule has 0 aliphatic heterocycles. The van der Waals surface area contributed by atoms with Crippen LogP contribution >= 0.6 is 11.6 Å². The summed E-state index contributed by atoms with van der Waals surface area (Å²) in [5.41, 5.74) is 4.81. The largest absolute Gasteiger partial charge is 0.436 e. The van der Waals surface area contributed by atoms with E-state index in [1.54, 1.807) is 24.3 Å². The second-order valence-corrected chi connectivity index (χ2v) is 7.54. The number of hydrogen-bond donors (Lipinski definition) is 1. The molecule has 4 nitrogen and oxygen atoms in total. The number of nitrogens with zero attached hydrogens (tertiary/aromatic N) is 1. The van der Waals surface area contributed by atoms with Crippen LogP contribution in [0.4, 0.5) is 5.69 Å². The summed E-state index contributed by atoms with van der Waals surface area (Å²) >= 11 is 5.97. The lowest BCUT2D eigenvalue weighted by atomic mass is 9.98. The average Bonchev–Trinajstić information content (AvgIpc) is 3.17. The van der Waals surface area contributed by atoms with E-state index in [1.807, 2.05) is 30.3 Å². The van der Waals surface area contributed by atoms with Crippen LogP contribution in [0.5, 0.6) is 0 Å². The fraction of sp³-hybridized carbons (Fsp3) is 0.167. The second-order valence-electron chi connectivity index (χ2n) is 7.10. The summed E-state index contributed by atoms with van der Waals surface area (Å²) in [6.07, 6.45) is 1.07. The van der Waals surface area contributed by atoms with Crippen LogP contribution in [0.25, 0.3) is 22.6 Å². The van der Waals surface area contributed by atoms with Crippen LogP contribution in [0.15, 0.2) is 71.1 Å². The fourth-order valence-electron chi connectivity index (χ4n) is 3.17. The van der Waals surface area contributed by atoms with Gasteiger partial charge in [0.05, 0.1) is 0 Å². The van der Waals surface area contributed by atoms with Crippen molar-refractivity contribution in [1.82, 2.24) is 4.98 Å². The Morgan fingerprint density at radius 3 is 2.72 bits per heavy atom. The van der Waals surface area contributed by atoms with E-state index in [-0.39, 0.29) is 5.91 Å². The highest BCUT2D eigenvalue weighted by molar-refractivity contribution is 6.31. The lowest BCUT2D eigenvalue weighted by molar-refractivity contribution is 0.102. The molecule has 0 bridgehead atoms. The zero-order chi connectivity index (χ0) is 20.4. The predicted octanol–water partition coefficient (Wildman–Crippen LogP) is 6.91. The van der Waals surface area contributed by atoms with Gasteiger partial charge in [-0.15, -0.1) is 0 Å². The van der Waals surface area contributed by atoms with Gasteiger partial charge in [0, 0.05) is 21.8 Å². The van der Waals surface area contributed by atoms with Crippen molar-refractivity contribution < 1.29 is 9.21 Å². The minimum absolute atomic E-state index is 0.222. The first kappa shape index (κ1) is 19.2. The van der Waals surface area contributed by atoms with Gasteiger partial charge in [0.2, 0.25) is 5.89 Å². The summed E-state index contributed by atoms with van der Waals surface area (Å²) in [6.45, 7) is 4.38. The zero-order valence-electron chi connectivity index (χ0n) is 16.3. The van der Waals surface area contributed by atoms with Gasteiger partial charge in [-0.1, -0.05) is 43.6 Å². The van der Waals surface area contributed by atoms with Crippen molar-refractivity contribution in [2.24, 2.45) is 0 Å². The quantitative estimate of drug-likeness (QED) is 0.393. The first-order valence-corrected chi connectivity index (χ1v) is 9.99. The van der Waals surface area contributed by atoms with E-state index in [0.29, 0.717) is 28.1 Å². The van der Waals surface area contributed by atoms with Gasteiger partial charge in [-0.25, -0.2) is 4.98 Å². The molecule has 0 fully saturated rings. The molecule has 0 saturated heterocycles. The summed E-state index contributed by atoms with van der Waals surface area (Å²) in [4.78, 5) is 17.1. The van der Waals surface area contributed by atoms with Crippen LogP contribution in [0.1, 0.15) is 42.1 Å². The maximum Gasteiger partial charge on any atom is 0.255 e. The standard InChI is InChI=1S/C24H21ClN2O2/c1-3-15(2)16-10-11-22-21(14-16)27-24(29-22)18-7-5-9-20(13-18)26-23(28)17-6-4-8-19(25)12-17/h4-15H,3H2,1-2H3,(H,26,28). The SMILES string of the molecule is CCC(C)c1ccc2oc(-c3cccc(NC(=O)c4cccc(Cl)c4)c3)nc2c1. The lowest BCUT2D eigenvalue weighted by Crippen LogP contribution is -2.11. The number of rotatable bonds is 5. The highest BCUT2D eigenvalue weighted by atomic mass is 35.5. The zero-order valence-corrected chi connectivity index (χ0v) is 17.0. The molecule has 0 radical (unpaired) electrons. The number of fused-ring (bicyclic) bond motifs is 1.